The summed E-state index contributed by atoms with van der Waals surface area (Å²) in [6.45, 7) is 3.78. The molecule has 0 spiro atoms. The number of ether oxygens (including phenoxy) is 1. The molecule has 0 unspecified atom stereocenters. The van der Waals surface area contributed by atoms with Crippen molar-refractivity contribution < 1.29 is 14.2 Å². The summed E-state index contributed by atoms with van der Waals surface area (Å²) in [6, 6.07) is 11.9. The molecule has 1 N–H and O–H groups in total. The van der Waals surface area contributed by atoms with Gasteiger partial charge in [-0.25, -0.2) is 4.39 Å². The molecule has 3 rings (SSSR count). The van der Waals surface area contributed by atoms with Crippen LogP contribution in [-0.4, -0.2) is 36.2 Å². The average Bonchev–Trinajstić information content (AvgIpc) is 2.60. The highest BCUT2D eigenvalue weighted by atomic mass is 19.1. The molecule has 1 aliphatic rings. The standard InChI is InChI=1S/C20H24FNO2/c21-18-7-4-16(5-8-18)14-17-6-9-20(19(23)15-17)24-13-12-22-10-2-1-3-11-22/h4-9,15,23H,1-3,10-14H2. The van der Waals surface area contributed by atoms with Crippen molar-refractivity contribution in [1.29, 1.82) is 0 Å². The molecule has 1 fully saturated rings. The molecule has 0 radical (unpaired) electrons. The van der Waals surface area contributed by atoms with Crippen molar-refractivity contribution in [3.8, 4) is 11.5 Å². The minimum Gasteiger partial charge on any atom is -0.504 e. The molecule has 1 saturated heterocycles. The summed E-state index contributed by atoms with van der Waals surface area (Å²) >= 11 is 0. The number of benzene rings is 2. The van der Waals surface area contributed by atoms with Crippen molar-refractivity contribution in [2.24, 2.45) is 0 Å². The van der Waals surface area contributed by atoms with Gasteiger partial charge in [0.15, 0.2) is 11.5 Å². The molecule has 2 aromatic carbocycles. The highest BCUT2D eigenvalue weighted by Crippen LogP contribution is 2.28. The van der Waals surface area contributed by atoms with E-state index in [4.69, 9.17) is 4.74 Å². The van der Waals surface area contributed by atoms with Gasteiger partial charge in [0.25, 0.3) is 0 Å². The predicted octanol–water partition coefficient (Wildman–Crippen LogP) is 3.99. The number of nitrogens with zero attached hydrogens (tertiary/aromatic N) is 1. The van der Waals surface area contributed by atoms with Crippen LogP contribution in [0.2, 0.25) is 0 Å². The minimum atomic E-state index is -0.237. The number of hydrogen-bond acceptors (Lipinski definition) is 3. The number of phenolic OH excluding ortho intramolecular Hbond substituents is 1. The number of phenols is 1. The molecular formula is C20H24FNO2. The monoisotopic (exact) mass is 329 g/mol. The van der Waals surface area contributed by atoms with Gasteiger partial charge in [-0.05, 0) is 67.7 Å². The highest BCUT2D eigenvalue weighted by molar-refractivity contribution is 5.43. The zero-order valence-corrected chi connectivity index (χ0v) is 13.9. The fraction of sp³-hybridized carbons (Fsp3) is 0.400. The Morgan fingerprint density at radius 1 is 0.958 bits per heavy atom. The van der Waals surface area contributed by atoms with E-state index in [1.807, 2.05) is 12.1 Å². The lowest BCUT2D eigenvalue weighted by Gasteiger charge is -2.26. The van der Waals surface area contributed by atoms with Gasteiger partial charge < -0.3 is 9.84 Å². The summed E-state index contributed by atoms with van der Waals surface area (Å²) < 4.78 is 18.7. The topological polar surface area (TPSA) is 32.7 Å². The smallest absolute Gasteiger partial charge is 0.160 e. The third-order valence-electron chi connectivity index (χ3n) is 4.46. The summed E-state index contributed by atoms with van der Waals surface area (Å²) in [5.74, 6) is 0.446. The Morgan fingerprint density at radius 3 is 2.38 bits per heavy atom. The summed E-state index contributed by atoms with van der Waals surface area (Å²) in [4.78, 5) is 2.41. The Hall–Kier alpha value is -2.07. The summed E-state index contributed by atoms with van der Waals surface area (Å²) in [5.41, 5.74) is 1.98. The third-order valence-corrected chi connectivity index (χ3v) is 4.46. The quantitative estimate of drug-likeness (QED) is 0.870. The van der Waals surface area contributed by atoms with Crippen LogP contribution in [0, 0.1) is 5.82 Å². The Labute approximate surface area is 142 Å². The van der Waals surface area contributed by atoms with Gasteiger partial charge in [0.1, 0.15) is 12.4 Å². The first-order chi connectivity index (χ1) is 11.7. The third kappa shape index (κ3) is 4.71. The van der Waals surface area contributed by atoms with E-state index in [2.05, 4.69) is 4.90 Å². The Balaban J connectivity index is 1.53. The lowest BCUT2D eigenvalue weighted by atomic mass is 10.0. The van der Waals surface area contributed by atoms with Crippen LogP contribution < -0.4 is 4.74 Å². The van der Waals surface area contributed by atoms with Crippen LogP contribution in [-0.2, 0) is 6.42 Å². The van der Waals surface area contributed by atoms with Crippen LogP contribution >= 0.6 is 0 Å². The van der Waals surface area contributed by atoms with E-state index < -0.39 is 0 Å². The van der Waals surface area contributed by atoms with Crippen molar-refractivity contribution in [2.75, 3.05) is 26.2 Å². The Bertz CT molecular complexity index is 651. The average molecular weight is 329 g/mol. The molecule has 0 atom stereocenters. The second kappa shape index (κ2) is 8.15. The molecule has 1 aliphatic heterocycles. The van der Waals surface area contributed by atoms with Gasteiger partial charge in [0.2, 0.25) is 0 Å². The first kappa shape index (κ1) is 16.8. The van der Waals surface area contributed by atoms with Gasteiger partial charge >= 0.3 is 0 Å². The molecule has 3 nitrogen and oxygen atoms in total. The van der Waals surface area contributed by atoms with Gasteiger partial charge in [-0.1, -0.05) is 24.6 Å². The van der Waals surface area contributed by atoms with E-state index in [1.165, 1.54) is 31.4 Å². The number of likely N-dealkylation sites (tertiary alicyclic amines) is 1. The maximum absolute atomic E-state index is 12.9. The molecule has 0 aromatic heterocycles. The molecule has 0 bridgehead atoms. The molecule has 24 heavy (non-hydrogen) atoms. The van der Waals surface area contributed by atoms with E-state index in [9.17, 15) is 9.50 Å². The van der Waals surface area contributed by atoms with E-state index >= 15 is 0 Å². The van der Waals surface area contributed by atoms with Gasteiger partial charge in [-0.2, -0.15) is 0 Å². The first-order valence-electron chi connectivity index (χ1n) is 8.62. The lowest BCUT2D eigenvalue weighted by Crippen LogP contribution is -2.33. The molecule has 0 amide bonds. The second-order valence-electron chi connectivity index (χ2n) is 6.36. The number of piperidine rings is 1. The highest BCUT2D eigenvalue weighted by Gasteiger charge is 2.10. The molecule has 2 aromatic rings. The normalized spacial score (nSPS) is 15.4. The summed E-state index contributed by atoms with van der Waals surface area (Å²) in [7, 11) is 0. The van der Waals surface area contributed by atoms with E-state index in [-0.39, 0.29) is 11.6 Å². The van der Waals surface area contributed by atoms with E-state index in [0.717, 1.165) is 30.8 Å². The minimum absolute atomic E-state index is 0.160. The zero-order valence-electron chi connectivity index (χ0n) is 13.9. The number of rotatable bonds is 6. The number of aromatic hydroxyl groups is 1. The van der Waals surface area contributed by atoms with Crippen LogP contribution in [0.4, 0.5) is 4.39 Å². The van der Waals surface area contributed by atoms with Gasteiger partial charge in [0.05, 0.1) is 0 Å². The van der Waals surface area contributed by atoms with Gasteiger partial charge in [-0.3, -0.25) is 4.90 Å². The van der Waals surface area contributed by atoms with Crippen molar-refractivity contribution in [3.63, 3.8) is 0 Å². The molecule has 128 valence electrons. The van der Waals surface area contributed by atoms with Crippen LogP contribution in [0.25, 0.3) is 0 Å². The summed E-state index contributed by atoms with van der Waals surface area (Å²) in [6.07, 6.45) is 4.52. The molecule has 0 aliphatic carbocycles. The van der Waals surface area contributed by atoms with Crippen molar-refractivity contribution in [1.82, 2.24) is 4.90 Å². The maximum atomic E-state index is 12.9. The molecular weight excluding hydrogens is 305 g/mol. The van der Waals surface area contributed by atoms with Crippen molar-refractivity contribution >= 4 is 0 Å². The predicted molar refractivity (Wildman–Crippen MR) is 93.1 cm³/mol. The fourth-order valence-corrected chi connectivity index (χ4v) is 3.10. The maximum Gasteiger partial charge on any atom is 0.160 e. The van der Waals surface area contributed by atoms with Crippen LogP contribution in [0.5, 0.6) is 11.5 Å². The number of hydrogen-bond donors (Lipinski definition) is 1. The Morgan fingerprint density at radius 2 is 1.67 bits per heavy atom. The first-order valence-corrected chi connectivity index (χ1v) is 8.62. The molecule has 1 heterocycles. The second-order valence-corrected chi connectivity index (χ2v) is 6.36. The Kier molecular flexibility index (Phi) is 5.70. The van der Waals surface area contributed by atoms with E-state index in [0.29, 0.717) is 18.8 Å². The zero-order chi connectivity index (χ0) is 16.8. The lowest BCUT2D eigenvalue weighted by molar-refractivity contribution is 0.181. The van der Waals surface area contributed by atoms with Gasteiger partial charge in [-0.15, -0.1) is 0 Å². The van der Waals surface area contributed by atoms with Crippen LogP contribution in [0.1, 0.15) is 30.4 Å². The summed E-state index contributed by atoms with van der Waals surface area (Å²) in [5, 5.41) is 10.2. The fourth-order valence-electron chi connectivity index (χ4n) is 3.10. The molecule has 4 heteroatoms. The largest absolute Gasteiger partial charge is 0.504 e. The SMILES string of the molecule is Oc1cc(Cc2ccc(F)cc2)ccc1OCCN1CCCCC1. The van der Waals surface area contributed by atoms with Crippen LogP contribution in [0.3, 0.4) is 0 Å². The van der Waals surface area contributed by atoms with Gasteiger partial charge in [0, 0.05) is 6.54 Å². The van der Waals surface area contributed by atoms with E-state index in [1.54, 1.807) is 18.2 Å². The van der Waals surface area contributed by atoms with Crippen molar-refractivity contribution in [2.45, 2.75) is 25.7 Å². The van der Waals surface area contributed by atoms with Crippen LogP contribution in [0.15, 0.2) is 42.5 Å². The number of halogens is 1. The van der Waals surface area contributed by atoms with Crippen molar-refractivity contribution in [3.05, 3.63) is 59.4 Å². The molecule has 0 saturated carbocycles.